The lowest BCUT2D eigenvalue weighted by molar-refractivity contribution is -0.145. The van der Waals surface area contributed by atoms with E-state index in [1.807, 2.05) is 0 Å². The van der Waals surface area contributed by atoms with E-state index < -0.39 is 5.97 Å². The summed E-state index contributed by atoms with van der Waals surface area (Å²) >= 11 is 0. The summed E-state index contributed by atoms with van der Waals surface area (Å²) in [6.45, 7) is 0.940. The van der Waals surface area contributed by atoms with Gasteiger partial charge in [-0.3, -0.25) is 9.69 Å². The Morgan fingerprint density at radius 1 is 1.17 bits per heavy atom. The third-order valence-electron chi connectivity index (χ3n) is 4.33. The van der Waals surface area contributed by atoms with Crippen LogP contribution in [0.25, 0.3) is 0 Å². The smallest absolute Gasteiger partial charge is 0.320 e. The molecule has 1 aromatic carbocycles. The Bertz CT molecular complexity index is 433. The van der Waals surface area contributed by atoms with Gasteiger partial charge < -0.3 is 5.11 Å². The Hall–Kier alpha value is -1.35. The summed E-state index contributed by atoms with van der Waals surface area (Å²) in [5, 5.41) is 9.34. The fourth-order valence-corrected chi connectivity index (χ4v) is 3.43. The number of hydrogen-bond acceptors (Lipinski definition) is 2. The van der Waals surface area contributed by atoms with Crippen LogP contribution in [0.1, 0.15) is 30.4 Å². The lowest BCUT2D eigenvalue weighted by Gasteiger charge is -2.37. The van der Waals surface area contributed by atoms with E-state index in [9.17, 15) is 9.90 Å². The van der Waals surface area contributed by atoms with E-state index in [4.69, 9.17) is 0 Å². The van der Waals surface area contributed by atoms with E-state index in [1.54, 1.807) is 0 Å². The Balaban J connectivity index is 1.78. The van der Waals surface area contributed by atoms with Crippen molar-refractivity contribution < 1.29 is 9.90 Å². The number of hydrogen-bond donors (Lipinski definition) is 1. The number of carboxylic acids is 1. The maximum Gasteiger partial charge on any atom is 0.320 e. The van der Waals surface area contributed by atoms with Crippen LogP contribution in [-0.4, -0.2) is 34.6 Å². The van der Waals surface area contributed by atoms with Crippen LogP contribution in [0, 0.1) is 0 Å². The van der Waals surface area contributed by atoms with Gasteiger partial charge in [0.15, 0.2) is 0 Å². The summed E-state index contributed by atoms with van der Waals surface area (Å²) in [4.78, 5) is 13.6. The van der Waals surface area contributed by atoms with E-state index in [2.05, 4.69) is 29.2 Å². The van der Waals surface area contributed by atoms with E-state index in [0.29, 0.717) is 6.04 Å². The first-order valence-electron chi connectivity index (χ1n) is 6.81. The molecule has 1 unspecified atom stereocenters. The molecule has 2 aliphatic rings. The third kappa shape index (κ3) is 2.03. The van der Waals surface area contributed by atoms with Crippen molar-refractivity contribution in [1.82, 2.24) is 4.90 Å². The molecule has 0 spiro atoms. The summed E-state index contributed by atoms with van der Waals surface area (Å²) < 4.78 is 0. The molecule has 1 aromatic rings. The molecule has 1 atom stereocenters. The van der Waals surface area contributed by atoms with Gasteiger partial charge in [0.1, 0.15) is 6.04 Å². The summed E-state index contributed by atoms with van der Waals surface area (Å²) in [6, 6.07) is 8.63. The SMILES string of the molecule is O=C(O)C1CCCCN1C1Cc2ccccc2C1. The predicted molar refractivity (Wildman–Crippen MR) is 69.6 cm³/mol. The van der Waals surface area contributed by atoms with Crippen LogP contribution in [0.5, 0.6) is 0 Å². The molecule has 3 nitrogen and oxygen atoms in total. The van der Waals surface area contributed by atoms with E-state index in [1.165, 1.54) is 11.1 Å². The first-order chi connectivity index (χ1) is 8.75. The molecular formula is C15H19NO2. The second-order valence-corrected chi connectivity index (χ2v) is 5.42. The van der Waals surface area contributed by atoms with Crippen molar-refractivity contribution in [2.75, 3.05) is 6.54 Å². The highest BCUT2D eigenvalue weighted by atomic mass is 16.4. The monoisotopic (exact) mass is 245 g/mol. The lowest BCUT2D eigenvalue weighted by Crippen LogP contribution is -2.50. The summed E-state index contributed by atoms with van der Waals surface area (Å²) in [7, 11) is 0. The van der Waals surface area contributed by atoms with Crippen LogP contribution < -0.4 is 0 Å². The number of aliphatic carboxylic acids is 1. The molecule has 3 heteroatoms. The molecule has 3 rings (SSSR count). The van der Waals surface area contributed by atoms with Crippen molar-refractivity contribution in [3.8, 4) is 0 Å². The van der Waals surface area contributed by atoms with Gasteiger partial charge in [0.2, 0.25) is 0 Å². The van der Waals surface area contributed by atoms with Gasteiger partial charge >= 0.3 is 5.97 Å². The summed E-state index contributed by atoms with van der Waals surface area (Å²) in [5.41, 5.74) is 2.80. The van der Waals surface area contributed by atoms with E-state index >= 15 is 0 Å². The summed E-state index contributed by atoms with van der Waals surface area (Å²) in [6.07, 6.45) is 5.02. The van der Waals surface area contributed by atoms with Crippen molar-refractivity contribution in [3.63, 3.8) is 0 Å². The largest absolute Gasteiger partial charge is 0.480 e. The van der Waals surface area contributed by atoms with Crippen molar-refractivity contribution in [1.29, 1.82) is 0 Å². The molecule has 0 aromatic heterocycles. The number of nitrogens with zero attached hydrogens (tertiary/aromatic N) is 1. The maximum absolute atomic E-state index is 11.4. The van der Waals surface area contributed by atoms with Gasteiger partial charge in [0.05, 0.1) is 0 Å². The van der Waals surface area contributed by atoms with Crippen molar-refractivity contribution in [3.05, 3.63) is 35.4 Å². The molecule has 96 valence electrons. The average Bonchev–Trinajstić information content (AvgIpc) is 2.82. The lowest BCUT2D eigenvalue weighted by atomic mass is 9.98. The molecule has 1 aliphatic carbocycles. The van der Waals surface area contributed by atoms with Gasteiger partial charge in [0, 0.05) is 6.04 Å². The standard InChI is InChI=1S/C15H19NO2/c17-15(18)14-7-3-4-8-16(14)13-9-11-5-1-2-6-12(11)10-13/h1-2,5-6,13-14H,3-4,7-10H2,(H,17,18). The van der Waals surface area contributed by atoms with Crippen LogP contribution in [-0.2, 0) is 17.6 Å². The minimum Gasteiger partial charge on any atom is -0.480 e. The van der Waals surface area contributed by atoms with E-state index in [0.717, 1.165) is 38.6 Å². The molecule has 1 fully saturated rings. The fourth-order valence-electron chi connectivity index (χ4n) is 3.43. The van der Waals surface area contributed by atoms with Crippen LogP contribution in [0.15, 0.2) is 24.3 Å². The maximum atomic E-state index is 11.4. The zero-order valence-electron chi connectivity index (χ0n) is 10.5. The molecule has 1 aliphatic heterocycles. The Kier molecular flexibility index (Phi) is 3.08. The van der Waals surface area contributed by atoms with Gasteiger partial charge in [-0.25, -0.2) is 0 Å². The number of likely N-dealkylation sites (tertiary alicyclic amines) is 1. The van der Waals surface area contributed by atoms with Crippen molar-refractivity contribution in [2.24, 2.45) is 0 Å². The van der Waals surface area contributed by atoms with Gasteiger partial charge in [-0.05, 0) is 43.4 Å². The number of fused-ring (bicyclic) bond motifs is 1. The van der Waals surface area contributed by atoms with Gasteiger partial charge in [-0.2, -0.15) is 0 Å². The van der Waals surface area contributed by atoms with Crippen LogP contribution in [0.3, 0.4) is 0 Å². The molecule has 1 saturated heterocycles. The van der Waals surface area contributed by atoms with Crippen molar-refractivity contribution in [2.45, 2.75) is 44.2 Å². The molecule has 0 bridgehead atoms. The van der Waals surface area contributed by atoms with Crippen LogP contribution in [0.2, 0.25) is 0 Å². The predicted octanol–water partition coefficient (Wildman–Crippen LogP) is 2.09. The van der Waals surface area contributed by atoms with Crippen LogP contribution >= 0.6 is 0 Å². The Labute approximate surface area is 107 Å². The number of carboxylic acid groups (broad SMARTS) is 1. The molecule has 18 heavy (non-hydrogen) atoms. The average molecular weight is 245 g/mol. The van der Waals surface area contributed by atoms with Crippen molar-refractivity contribution >= 4 is 5.97 Å². The highest BCUT2D eigenvalue weighted by Gasteiger charge is 2.35. The highest BCUT2D eigenvalue weighted by Crippen LogP contribution is 2.29. The molecule has 1 N–H and O–H groups in total. The summed E-state index contributed by atoms with van der Waals surface area (Å²) in [5.74, 6) is -0.648. The normalized spacial score (nSPS) is 25.0. The number of rotatable bonds is 2. The van der Waals surface area contributed by atoms with Gasteiger partial charge in [0.25, 0.3) is 0 Å². The molecule has 0 saturated carbocycles. The number of carbonyl (C=O) groups is 1. The molecule has 0 radical (unpaired) electrons. The highest BCUT2D eigenvalue weighted by molar-refractivity contribution is 5.73. The quantitative estimate of drug-likeness (QED) is 0.867. The van der Waals surface area contributed by atoms with Gasteiger partial charge in [-0.1, -0.05) is 30.7 Å². The second-order valence-electron chi connectivity index (χ2n) is 5.42. The topological polar surface area (TPSA) is 40.5 Å². The first-order valence-corrected chi connectivity index (χ1v) is 6.81. The molecule has 0 amide bonds. The van der Waals surface area contributed by atoms with Gasteiger partial charge in [-0.15, -0.1) is 0 Å². The van der Waals surface area contributed by atoms with E-state index in [-0.39, 0.29) is 6.04 Å². The number of benzene rings is 1. The molecule has 1 heterocycles. The zero-order valence-corrected chi connectivity index (χ0v) is 10.5. The Morgan fingerprint density at radius 2 is 1.83 bits per heavy atom. The minimum atomic E-state index is -0.648. The first kappa shape index (κ1) is 11.7. The molecular weight excluding hydrogens is 226 g/mol. The fraction of sp³-hybridized carbons (Fsp3) is 0.533. The Morgan fingerprint density at radius 3 is 2.44 bits per heavy atom. The number of piperidine rings is 1. The second kappa shape index (κ2) is 4.73. The zero-order chi connectivity index (χ0) is 12.5. The van der Waals surface area contributed by atoms with Crippen LogP contribution in [0.4, 0.5) is 0 Å². The third-order valence-corrected chi connectivity index (χ3v) is 4.33. The minimum absolute atomic E-state index is 0.266.